The second-order valence-electron chi connectivity index (χ2n) is 3.10. The molecule has 0 aromatic heterocycles. The Morgan fingerprint density at radius 1 is 1.38 bits per heavy atom. The van der Waals surface area contributed by atoms with Crippen molar-refractivity contribution < 1.29 is 9.90 Å². The van der Waals surface area contributed by atoms with E-state index in [1.54, 1.807) is 36.4 Å². The smallest absolute Gasteiger partial charge is 0.336 e. The summed E-state index contributed by atoms with van der Waals surface area (Å²) in [5.74, 6) is -0.984. The Hall–Kier alpha value is -2.34. The van der Waals surface area contributed by atoms with Crippen LogP contribution in [-0.2, 0) is 4.79 Å². The fraction of sp³-hybridized carbons (Fsp3) is 0.0769. The predicted octanol–water partition coefficient (Wildman–Crippen LogP) is 2.60. The standard InChI is InChI=1S/C13H11NO2/c1-2-3-4-12(13(15)16)11-7-5-10(9-14)6-8-11/h2-8H,1H3,(H,15,16)/b3-2+,12-4+. The maximum atomic E-state index is 11.0. The molecule has 0 heterocycles. The van der Waals surface area contributed by atoms with E-state index in [1.807, 2.05) is 13.0 Å². The number of nitrogens with zero attached hydrogens (tertiary/aromatic N) is 1. The fourth-order valence-electron chi connectivity index (χ4n) is 1.21. The third kappa shape index (κ3) is 2.82. The molecule has 0 atom stereocenters. The quantitative estimate of drug-likeness (QED) is 0.620. The molecule has 0 spiro atoms. The first-order chi connectivity index (χ1) is 7.69. The summed E-state index contributed by atoms with van der Waals surface area (Å²) in [5.41, 5.74) is 1.31. The third-order valence-corrected chi connectivity index (χ3v) is 2.01. The van der Waals surface area contributed by atoms with E-state index in [0.29, 0.717) is 11.1 Å². The Labute approximate surface area is 94.0 Å². The van der Waals surface area contributed by atoms with Gasteiger partial charge in [0, 0.05) is 0 Å². The van der Waals surface area contributed by atoms with Crippen molar-refractivity contribution in [1.29, 1.82) is 5.26 Å². The van der Waals surface area contributed by atoms with Crippen LogP contribution in [0.4, 0.5) is 0 Å². The van der Waals surface area contributed by atoms with E-state index in [0.717, 1.165) is 0 Å². The molecule has 0 aliphatic rings. The van der Waals surface area contributed by atoms with Crippen LogP contribution < -0.4 is 0 Å². The average Bonchev–Trinajstić information content (AvgIpc) is 2.30. The van der Waals surface area contributed by atoms with Crippen molar-refractivity contribution >= 4 is 11.5 Å². The van der Waals surface area contributed by atoms with Gasteiger partial charge in [-0.25, -0.2) is 4.79 Å². The van der Waals surface area contributed by atoms with Crippen LogP contribution in [0.1, 0.15) is 18.1 Å². The van der Waals surface area contributed by atoms with Gasteiger partial charge in [0.1, 0.15) is 0 Å². The molecule has 0 aliphatic carbocycles. The highest BCUT2D eigenvalue weighted by atomic mass is 16.4. The van der Waals surface area contributed by atoms with Crippen LogP contribution in [0, 0.1) is 11.3 Å². The van der Waals surface area contributed by atoms with Gasteiger partial charge in [-0.2, -0.15) is 5.26 Å². The van der Waals surface area contributed by atoms with E-state index >= 15 is 0 Å². The molecule has 0 aliphatic heterocycles. The molecule has 1 rings (SSSR count). The molecule has 0 saturated carbocycles. The minimum absolute atomic E-state index is 0.211. The molecule has 1 aromatic carbocycles. The van der Waals surface area contributed by atoms with Gasteiger partial charge in [-0.3, -0.25) is 0 Å². The predicted molar refractivity (Wildman–Crippen MR) is 61.6 cm³/mol. The Kier molecular flexibility index (Phi) is 4.05. The number of aliphatic carboxylic acids is 1. The van der Waals surface area contributed by atoms with E-state index in [2.05, 4.69) is 0 Å². The monoisotopic (exact) mass is 213 g/mol. The van der Waals surface area contributed by atoms with Crippen LogP contribution in [0.2, 0.25) is 0 Å². The van der Waals surface area contributed by atoms with Gasteiger partial charge in [0.15, 0.2) is 0 Å². The van der Waals surface area contributed by atoms with Gasteiger partial charge >= 0.3 is 5.97 Å². The van der Waals surface area contributed by atoms with Crippen LogP contribution >= 0.6 is 0 Å². The van der Waals surface area contributed by atoms with Crippen molar-refractivity contribution in [2.24, 2.45) is 0 Å². The first-order valence-corrected chi connectivity index (χ1v) is 4.76. The van der Waals surface area contributed by atoms with Crippen LogP contribution in [0.3, 0.4) is 0 Å². The fourth-order valence-corrected chi connectivity index (χ4v) is 1.21. The number of carboxylic acids is 1. The molecule has 1 aromatic rings. The topological polar surface area (TPSA) is 61.1 Å². The zero-order chi connectivity index (χ0) is 12.0. The molecule has 16 heavy (non-hydrogen) atoms. The van der Waals surface area contributed by atoms with Gasteiger partial charge in [-0.1, -0.05) is 24.3 Å². The molecular formula is C13H11NO2. The van der Waals surface area contributed by atoms with Crippen molar-refractivity contribution in [2.75, 3.05) is 0 Å². The lowest BCUT2D eigenvalue weighted by Crippen LogP contribution is -1.99. The Balaban J connectivity index is 3.13. The highest BCUT2D eigenvalue weighted by Crippen LogP contribution is 2.15. The van der Waals surface area contributed by atoms with Crippen LogP contribution in [0.15, 0.2) is 42.5 Å². The van der Waals surface area contributed by atoms with Crippen molar-refractivity contribution in [3.8, 4) is 6.07 Å². The summed E-state index contributed by atoms with van der Waals surface area (Å²) in [5, 5.41) is 17.6. The second-order valence-corrected chi connectivity index (χ2v) is 3.10. The number of rotatable bonds is 3. The van der Waals surface area contributed by atoms with Crippen LogP contribution in [0.25, 0.3) is 5.57 Å². The number of hydrogen-bond donors (Lipinski definition) is 1. The summed E-state index contributed by atoms with van der Waals surface area (Å²) >= 11 is 0. The summed E-state index contributed by atoms with van der Waals surface area (Å²) in [7, 11) is 0. The minimum atomic E-state index is -0.984. The zero-order valence-corrected chi connectivity index (χ0v) is 8.84. The molecule has 0 unspecified atom stereocenters. The van der Waals surface area contributed by atoms with E-state index in [-0.39, 0.29) is 5.57 Å². The summed E-state index contributed by atoms with van der Waals surface area (Å²) in [6.45, 7) is 1.81. The van der Waals surface area contributed by atoms with Crippen molar-refractivity contribution in [1.82, 2.24) is 0 Å². The molecule has 3 nitrogen and oxygen atoms in total. The zero-order valence-electron chi connectivity index (χ0n) is 8.84. The highest BCUT2D eigenvalue weighted by Gasteiger charge is 2.08. The number of benzene rings is 1. The van der Waals surface area contributed by atoms with E-state index < -0.39 is 5.97 Å². The summed E-state index contributed by atoms with van der Waals surface area (Å²) < 4.78 is 0. The highest BCUT2D eigenvalue weighted by molar-refractivity contribution is 6.15. The van der Waals surface area contributed by atoms with Crippen molar-refractivity contribution in [3.05, 3.63) is 53.6 Å². The average molecular weight is 213 g/mol. The Morgan fingerprint density at radius 2 is 2.00 bits per heavy atom. The number of carboxylic acid groups (broad SMARTS) is 1. The lowest BCUT2D eigenvalue weighted by Gasteiger charge is -2.01. The molecule has 0 amide bonds. The lowest BCUT2D eigenvalue weighted by atomic mass is 10.0. The first kappa shape index (κ1) is 11.7. The summed E-state index contributed by atoms with van der Waals surface area (Å²) in [6, 6.07) is 8.44. The van der Waals surface area contributed by atoms with Gasteiger partial charge in [0.05, 0.1) is 17.2 Å². The van der Waals surface area contributed by atoms with Gasteiger partial charge < -0.3 is 5.11 Å². The number of hydrogen-bond acceptors (Lipinski definition) is 2. The largest absolute Gasteiger partial charge is 0.478 e. The van der Waals surface area contributed by atoms with E-state index in [4.69, 9.17) is 10.4 Å². The van der Waals surface area contributed by atoms with E-state index in [9.17, 15) is 4.79 Å². The lowest BCUT2D eigenvalue weighted by molar-refractivity contribution is -0.130. The molecule has 3 heteroatoms. The maximum Gasteiger partial charge on any atom is 0.336 e. The SMILES string of the molecule is C/C=C/C=C(/C(=O)O)c1ccc(C#N)cc1. The number of nitriles is 1. The summed E-state index contributed by atoms with van der Waals surface area (Å²) in [6.07, 6.45) is 4.96. The number of allylic oxidation sites excluding steroid dienone is 3. The maximum absolute atomic E-state index is 11.0. The normalized spacial score (nSPS) is 11.4. The van der Waals surface area contributed by atoms with Crippen LogP contribution in [0.5, 0.6) is 0 Å². The van der Waals surface area contributed by atoms with Crippen molar-refractivity contribution in [2.45, 2.75) is 6.92 Å². The van der Waals surface area contributed by atoms with E-state index in [1.165, 1.54) is 6.08 Å². The first-order valence-electron chi connectivity index (χ1n) is 4.76. The molecular weight excluding hydrogens is 202 g/mol. The third-order valence-electron chi connectivity index (χ3n) is 2.01. The Bertz CT molecular complexity index is 476. The second kappa shape index (κ2) is 5.52. The molecule has 0 bridgehead atoms. The van der Waals surface area contributed by atoms with Gasteiger partial charge in [0.2, 0.25) is 0 Å². The molecule has 1 N–H and O–H groups in total. The van der Waals surface area contributed by atoms with Gasteiger partial charge in [0.25, 0.3) is 0 Å². The Morgan fingerprint density at radius 3 is 2.44 bits per heavy atom. The van der Waals surface area contributed by atoms with Gasteiger partial charge in [-0.15, -0.1) is 0 Å². The van der Waals surface area contributed by atoms with Crippen molar-refractivity contribution in [3.63, 3.8) is 0 Å². The minimum Gasteiger partial charge on any atom is -0.478 e. The molecule has 0 radical (unpaired) electrons. The van der Waals surface area contributed by atoms with Crippen LogP contribution in [-0.4, -0.2) is 11.1 Å². The molecule has 0 fully saturated rings. The number of carbonyl (C=O) groups is 1. The molecule has 0 saturated heterocycles. The summed E-state index contributed by atoms with van der Waals surface area (Å²) in [4.78, 5) is 11.0. The van der Waals surface area contributed by atoms with Gasteiger partial charge in [-0.05, 0) is 30.7 Å². The molecule has 80 valence electrons.